The summed E-state index contributed by atoms with van der Waals surface area (Å²) in [5.74, 6) is 0.321. The normalized spacial score (nSPS) is 12.2. The Morgan fingerprint density at radius 3 is 1.74 bits per heavy atom. The predicted octanol–water partition coefficient (Wildman–Crippen LogP) is 8.39. The highest BCUT2D eigenvalue weighted by atomic mass is 16.6. The molecule has 0 aliphatic carbocycles. The van der Waals surface area contributed by atoms with Crippen molar-refractivity contribution in [1.29, 1.82) is 0 Å². The SMILES string of the molecule is CCCCCCCCCCCCN(c1ccc2c(c1)N(CCCCCCCCCCCC)c1[nH]c(=O)n(C)c(=O)c1C2)c1[nH]c(=O)n(C)c(=O)c1[N+](=O)[O-]. The maximum atomic E-state index is 13.3. The Balaban J connectivity index is 1.62. The molecule has 0 radical (unpaired) electrons. The van der Waals surface area contributed by atoms with Crippen LogP contribution in [0.1, 0.15) is 153 Å². The molecule has 13 nitrogen and oxygen atoms in total. The number of aromatic nitrogens is 4. The molecule has 0 unspecified atom stereocenters. The molecule has 1 aromatic carbocycles. The topological polar surface area (TPSA) is 159 Å². The summed E-state index contributed by atoms with van der Waals surface area (Å²) < 4.78 is 1.81. The van der Waals surface area contributed by atoms with Gasteiger partial charge in [-0.15, -0.1) is 0 Å². The fraction of sp³-hybridized carbons (Fsp3) is 0.659. The summed E-state index contributed by atoms with van der Waals surface area (Å²) in [4.78, 5) is 73.1. The Labute approximate surface area is 319 Å². The fourth-order valence-corrected chi connectivity index (χ4v) is 7.55. The van der Waals surface area contributed by atoms with E-state index in [-0.39, 0.29) is 11.4 Å². The zero-order valence-corrected chi connectivity index (χ0v) is 33.2. The molecule has 2 N–H and O–H groups in total. The predicted molar refractivity (Wildman–Crippen MR) is 218 cm³/mol. The molecule has 1 aliphatic heterocycles. The van der Waals surface area contributed by atoms with Crippen LogP contribution < -0.4 is 32.3 Å². The number of fused-ring (bicyclic) bond motifs is 2. The molecule has 0 amide bonds. The monoisotopic (exact) mass is 749 g/mol. The Morgan fingerprint density at radius 2 is 1.19 bits per heavy atom. The lowest BCUT2D eigenvalue weighted by atomic mass is 9.97. The van der Waals surface area contributed by atoms with Gasteiger partial charge in [-0.3, -0.25) is 38.8 Å². The molecule has 0 fully saturated rings. The number of aromatic amines is 2. The molecular weight excluding hydrogens is 686 g/mol. The Kier molecular flexibility index (Phi) is 16.8. The number of nitrogens with one attached hydrogen (secondary N) is 2. The molecule has 0 spiro atoms. The third-order valence-corrected chi connectivity index (χ3v) is 10.9. The van der Waals surface area contributed by atoms with Crippen molar-refractivity contribution in [2.24, 2.45) is 14.1 Å². The van der Waals surface area contributed by atoms with Crippen LogP contribution in [-0.2, 0) is 20.5 Å². The van der Waals surface area contributed by atoms with Gasteiger partial charge in [0.25, 0.3) is 5.56 Å². The van der Waals surface area contributed by atoms with Crippen LogP contribution in [0, 0.1) is 10.1 Å². The lowest BCUT2D eigenvalue weighted by Crippen LogP contribution is -2.40. The molecule has 3 aromatic rings. The zero-order valence-electron chi connectivity index (χ0n) is 33.2. The smallest absolute Gasteiger partial charge is 0.327 e. The van der Waals surface area contributed by atoms with E-state index in [1.165, 1.54) is 97.6 Å². The first kappa shape index (κ1) is 42.3. The maximum Gasteiger partial charge on any atom is 0.374 e. The number of anilines is 4. The molecule has 2 aromatic heterocycles. The molecular formula is C41H63N7O6. The van der Waals surface area contributed by atoms with E-state index >= 15 is 0 Å². The summed E-state index contributed by atoms with van der Waals surface area (Å²) in [6, 6.07) is 5.63. The van der Waals surface area contributed by atoms with Crippen molar-refractivity contribution < 1.29 is 4.92 Å². The lowest BCUT2D eigenvalue weighted by molar-refractivity contribution is -0.386. The van der Waals surface area contributed by atoms with Gasteiger partial charge in [0.05, 0.1) is 10.5 Å². The minimum Gasteiger partial charge on any atom is -0.327 e. The average Bonchev–Trinajstić information content (AvgIpc) is 3.15. The van der Waals surface area contributed by atoms with Crippen molar-refractivity contribution in [2.75, 3.05) is 22.9 Å². The molecule has 0 atom stereocenters. The van der Waals surface area contributed by atoms with Crippen molar-refractivity contribution in [2.45, 2.75) is 149 Å². The number of unbranched alkanes of at least 4 members (excludes halogenated alkanes) is 18. The van der Waals surface area contributed by atoms with Crippen LogP contribution in [0.4, 0.5) is 28.7 Å². The van der Waals surface area contributed by atoms with Gasteiger partial charge in [0.1, 0.15) is 5.82 Å². The standard InChI is InChI=1S/C41H63N7O6/c1-5-7-9-11-13-15-17-19-21-23-27-46(37-35(48(53)54)39(50)45(4)41(52)43-37)32-26-25-31-29-33-36(42-40(51)44(3)38(33)49)47(34(31)30-32)28-24-22-20-18-16-14-12-10-8-6-2/h25-26,30H,5-24,27-29H2,1-4H3,(H,42,51)(H,43,52). The summed E-state index contributed by atoms with van der Waals surface area (Å²) in [5.41, 5.74) is -0.504. The summed E-state index contributed by atoms with van der Waals surface area (Å²) in [5, 5.41) is 12.3. The first-order valence-electron chi connectivity index (χ1n) is 20.6. The van der Waals surface area contributed by atoms with Gasteiger partial charge >= 0.3 is 22.6 Å². The van der Waals surface area contributed by atoms with Gasteiger partial charge in [0.2, 0.25) is 5.82 Å². The number of rotatable bonds is 25. The molecule has 298 valence electrons. The van der Waals surface area contributed by atoms with Crippen molar-refractivity contribution in [3.63, 3.8) is 0 Å². The second-order valence-corrected chi connectivity index (χ2v) is 15.0. The molecule has 3 heterocycles. The Morgan fingerprint density at radius 1 is 0.685 bits per heavy atom. The van der Waals surface area contributed by atoms with E-state index in [9.17, 15) is 29.3 Å². The van der Waals surface area contributed by atoms with Gasteiger partial charge < -0.3 is 9.80 Å². The van der Waals surface area contributed by atoms with E-state index in [4.69, 9.17) is 0 Å². The Bertz CT molecular complexity index is 1910. The summed E-state index contributed by atoms with van der Waals surface area (Å²) in [7, 11) is 2.69. The Hall–Kier alpha value is -4.42. The number of H-pyrrole nitrogens is 2. The second kappa shape index (κ2) is 21.5. The van der Waals surface area contributed by atoms with E-state index in [0.29, 0.717) is 43.0 Å². The van der Waals surface area contributed by atoms with E-state index in [0.717, 1.165) is 58.9 Å². The minimum atomic E-state index is -0.977. The summed E-state index contributed by atoms with van der Waals surface area (Å²) in [6.45, 7) is 5.34. The van der Waals surface area contributed by atoms with Gasteiger partial charge in [-0.2, -0.15) is 0 Å². The van der Waals surface area contributed by atoms with Crippen LogP contribution in [-0.4, -0.2) is 37.1 Å². The quantitative estimate of drug-likeness (QED) is 0.0496. The minimum absolute atomic E-state index is 0.149. The van der Waals surface area contributed by atoms with Gasteiger partial charge in [0, 0.05) is 45.0 Å². The van der Waals surface area contributed by atoms with Crippen LogP contribution in [0.5, 0.6) is 0 Å². The number of hydrogen-bond acceptors (Lipinski definition) is 8. The van der Waals surface area contributed by atoms with Crippen molar-refractivity contribution >= 4 is 28.7 Å². The average molecular weight is 750 g/mol. The highest BCUT2D eigenvalue weighted by molar-refractivity contribution is 5.77. The first-order valence-corrected chi connectivity index (χ1v) is 20.6. The maximum absolute atomic E-state index is 13.3. The molecule has 1 aliphatic rings. The molecule has 0 saturated carbocycles. The van der Waals surface area contributed by atoms with E-state index in [1.54, 1.807) is 4.90 Å². The fourth-order valence-electron chi connectivity index (χ4n) is 7.55. The highest BCUT2D eigenvalue weighted by Crippen LogP contribution is 2.40. The van der Waals surface area contributed by atoms with E-state index in [1.807, 2.05) is 23.1 Å². The molecule has 0 saturated heterocycles. The molecule has 54 heavy (non-hydrogen) atoms. The van der Waals surface area contributed by atoms with Gasteiger partial charge in [-0.1, -0.05) is 135 Å². The third-order valence-electron chi connectivity index (χ3n) is 10.9. The molecule has 0 bridgehead atoms. The second-order valence-electron chi connectivity index (χ2n) is 15.0. The third kappa shape index (κ3) is 11.1. The van der Waals surface area contributed by atoms with Crippen LogP contribution in [0.25, 0.3) is 0 Å². The van der Waals surface area contributed by atoms with Gasteiger partial charge in [-0.05, 0) is 30.5 Å². The van der Waals surface area contributed by atoms with E-state index < -0.39 is 27.5 Å². The lowest BCUT2D eigenvalue weighted by Gasteiger charge is -2.34. The van der Waals surface area contributed by atoms with E-state index in [2.05, 4.69) is 23.8 Å². The van der Waals surface area contributed by atoms with Crippen LogP contribution in [0.15, 0.2) is 37.4 Å². The van der Waals surface area contributed by atoms with Gasteiger partial charge in [0.15, 0.2) is 0 Å². The number of nitrogens with zero attached hydrogens (tertiary/aromatic N) is 5. The number of nitro groups is 1. The number of hydrogen-bond donors (Lipinski definition) is 2. The molecule has 13 heteroatoms. The van der Waals surface area contributed by atoms with Crippen LogP contribution >= 0.6 is 0 Å². The zero-order chi connectivity index (χ0) is 39.0. The van der Waals surface area contributed by atoms with Crippen molar-refractivity contribution in [3.05, 3.63) is 81.1 Å². The summed E-state index contributed by atoms with van der Waals surface area (Å²) in [6.07, 6.45) is 23.1. The summed E-state index contributed by atoms with van der Waals surface area (Å²) >= 11 is 0. The number of benzene rings is 1. The first-order chi connectivity index (χ1) is 26.1. The highest BCUT2D eigenvalue weighted by Gasteiger charge is 2.31. The van der Waals surface area contributed by atoms with Crippen LogP contribution in [0.3, 0.4) is 0 Å². The largest absolute Gasteiger partial charge is 0.374 e. The van der Waals surface area contributed by atoms with Crippen molar-refractivity contribution in [3.8, 4) is 0 Å². The van der Waals surface area contributed by atoms with Crippen LogP contribution in [0.2, 0.25) is 0 Å². The molecule has 4 rings (SSSR count). The van der Waals surface area contributed by atoms with Crippen molar-refractivity contribution in [1.82, 2.24) is 19.1 Å². The van der Waals surface area contributed by atoms with Gasteiger partial charge in [-0.25, -0.2) is 9.59 Å².